The van der Waals surface area contributed by atoms with E-state index in [1.807, 2.05) is 38.1 Å². The summed E-state index contributed by atoms with van der Waals surface area (Å²) in [5.41, 5.74) is 1.87. The monoisotopic (exact) mass is 314 g/mol. The molecule has 2 N–H and O–H groups in total. The van der Waals surface area contributed by atoms with Crippen LogP contribution in [0.25, 0.3) is 0 Å². The first-order chi connectivity index (χ1) is 11.1. The molecule has 1 fully saturated rings. The van der Waals surface area contributed by atoms with E-state index in [0.717, 1.165) is 30.5 Å². The highest BCUT2D eigenvalue weighted by molar-refractivity contribution is 5.93. The van der Waals surface area contributed by atoms with Gasteiger partial charge >= 0.3 is 6.01 Å². The second kappa shape index (κ2) is 6.81. The van der Waals surface area contributed by atoms with Gasteiger partial charge in [-0.25, -0.2) is 0 Å². The van der Waals surface area contributed by atoms with E-state index in [2.05, 4.69) is 20.8 Å². The zero-order chi connectivity index (χ0) is 16.2. The predicted octanol–water partition coefficient (Wildman–Crippen LogP) is 3.54. The van der Waals surface area contributed by atoms with Crippen LogP contribution in [0.2, 0.25) is 0 Å². The van der Waals surface area contributed by atoms with Crippen molar-refractivity contribution in [3.8, 4) is 0 Å². The van der Waals surface area contributed by atoms with E-state index in [1.165, 1.54) is 0 Å². The summed E-state index contributed by atoms with van der Waals surface area (Å²) >= 11 is 0. The normalized spacial score (nSPS) is 14.6. The number of amides is 1. The van der Waals surface area contributed by atoms with Crippen LogP contribution >= 0.6 is 0 Å². The van der Waals surface area contributed by atoms with E-state index in [4.69, 9.17) is 4.52 Å². The zero-order valence-corrected chi connectivity index (χ0v) is 13.5. The van der Waals surface area contributed by atoms with Gasteiger partial charge < -0.3 is 15.2 Å². The lowest BCUT2D eigenvalue weighted by molar-refractivity contribution is -0.122. The Labute approximate surface area is 135 Å². The Bertz CT molecular complexity index is 677. The average Bonchev–Trinajstić information content (AvgIpc) is 2.92. The van der Waals surface area contributed by atoms with Gasteiger partial charge in [0.2, 0.25) is 5.91 Å². The van der Waals surface area contributed by atoms with Crippen molar-refractivity contribution in [2.24, 2.45) is 5.92 Å². The van der Waals surface area contributed by atoms with Crippen LogP contribution in [-0.2, 0) is 11.3 Å². The van der Waals surface area contributed by atoms with Gasteiger partial charge in [-0.2, -0.15) is 4.98 Å². The fourth-order valence-electron chi connectivity index (χ4n) is 2.39. The summed E-state index contributed by atoms with van der Waals surface area (Å²) in [6.45, 7) is 4.60. The molecular formula is C17H22N4O2. The van der Waals surface area contributed by atoms with Gasteiger partial charge in [-0.3, -0.25) is 4.79 Å². The van der Waals surface area contributed by atoms with Crippen molar-refractivity contribution in [1.82, 2.24) is 10.1 Å². The number of benzene rings is 1. The average molecular weight is 314 g/mol. The second-order valence-corrected chi connectivity index (χ2v) is 6.28. The zero-order valence-electron chi connectivity index (χ0n) is 13.5. The van der Waals surface area contributed by atoms with Gasteiger partial charge in [-0.1, -0.05) is 37.6 Å². The molecule has 1 aromatic carbocycles. The van der Waals surface area contributed by atoms with Crippen LogP contribution in [0, 0.1) is 5.92 Å². The highest BCUT2D eigenvalue weighted by atomic mass is 16.5. The summed E-state index contributed by atoms with van der Waals surface area (Å²) in [6, 6.07) is 8.21. The fraction of sp³-hybridized carbons (Fsp3) is 0.471. The molecule has 2 aromatic rings. The molecule has 1 heterocycles. The van der Waals surface area contributed by atoms with Crippen molar-refractivity contribution >= 4 is 17.6 Å². The molecule has 1 aliphatic carbocycles. The minimum atomic E-state index is 0.125. The van der Waals surface area contributed by atoms with Gasteiger partial charge in [-0.15, -0.1) is 0 Å². The van der Waals surface area contributed by atoms with Crippen molar-refractivity contribution < 1.29 is 9.32 Å². The standard InChI is InChI=1S/C17H22N4O2/c1-11(2)15-20-17(23-21-15)18-10-12-5-3-8-14(9-12)19-16(22)13-6-4-7-13/h3,5,8-9,11,13H,4,6-7,10H2,1-2H3,(H,19,22)(H,18,20,21). The third-order valence-corrected chi connectivity index (χ3v) is 4.07. The van der Waals surface area contributed by atoms with E-state index >= 15 is 0 Å². The molecule has 0 aliphatic heterocycles. The van der Waals surface area contributed by atoms with Gasteiger partial charge in [0.15, 0.2) is 5.82 Å². The van der Waals surface area contributed by atoms with Crippen molar-refractivity contribution in [2.75, 3.05) is 10.6 Å². The SMILES string of the molecule is CC(C)c1noc(NCc2cccc(NC(=O)C3CCC3)c2)n1. The lowest BCUT2D eigenvalue weighted by Gasteiger charge is -2.24. The van der Waals surface area contributed by atoms with Crippen LogP contribution in [-0.4, -0.2) is 16.0 Å². The van der Waals surface area contributed by atoms with E-state index in [-0.39, 0.29) is 17.7 Å². The summed E-state index contributed by atoms with van der Waals surface area (Å²) in [5.74, 6) is 1.23. The van der Waals surface area contributed by atoms with Crippen LogP contribution in [0.4, 0.5) is 11.7 Å². The molecule has 6 nitrogen and oxygen atoms in total. The fourth-order valence-corrected chi connectivity index (χ4v) is 2.39. The molecule has 0 unspecified atom stereocenters. The van der Waals surface area contributed by atoms with Crippen molar-refractivity contribution in [2.45, 2.75) is 45.6 Å². The first-order valence-electron chi connectivity index (χ1n) is 8.09. The molecule has 1 saturated carbocycles. The molecule has 23 heavy (non-hydrogen) atoms. The Kier molecular flexibility index (Phi) is 4.60. The maximum Gasteiger partial charge on any atom is 0.321 e. The van der Waals surface area contributed by atoms with Crippen LogP contribution in [0.5, 0.6) is 0 Å². The Morgan fingerprint density at radius 3 is 2.87 bits per heavy atom. The molecule has 1 amide bonds. The Hall–Kier alpha value is -2.37. The minimum Gasteiger partial charge on any atom is -0.334 e. The lowest BCUT2D eigenvalue weighted by Crippen LogP contribution is -2.28. The molecule has 122 valence electrons. The third kappa shape index (κ3) is 3.88. The van der Waals surface area contributed by atoms with E-state index in [1.54, 1.807) is 0 Å². The molecule has 6 heteroatoms. The predicted molar refractivity (Wildman–Crippen MR) is 88.1 cm³/mol. The summed E-state index contributed by atoms with van der Waals surface area (Å²) in [6.07, 6.45) is 3.16. The van der Waals surface area contributed by atoms with Crippen LogP contribution < -0.4 is 10.6 Å². The first-order valence-corrected chi connectivity index (χ1v) is 8.09. The maximum atomic E-state index is 12.0. The first kappa shape index (κ1) is 15.5. The molecule has 0 saturated heterocycles. The van der Waals surface area contributed by atoms with Crippen LogP contribution in [0.3, 0.4) is 0 Å². The molecule has 0 spiro atoms. The van der Waals surface area contributed by atoms with Crippen LogP contribution in [0.15, 0.2) is 28.8 Å². The van der Waals surface area contributed by atoms with Crippen molar-refractivity contribution in [3.05, 3.63) is 35.7 Å². The number of anilines is 2. The molecular weight excluding hydrogens is 292 g/mol. The van der Waals surface area contributed by atoms with Gasteiger partial charge in [-0.05, 0) is 30.5 Å². The summed E-state index contributed by atoms with van der Waals surface area (Å²) in [5, 5.41) is 10.0. The third-order valence-electron chi connectivity index (χ3n) is 4.07. The largest absolute Gasteiger partial charge is 0.334 e. The van der Waals surface area contributed by atoms with Gasteiger partial charge in [0.1, 0.15) is 0 Å². The van der Waals surface area contributed by atoms with Gasteiger partial charge in [0, 0.05) is 24.1 Å². The molecule has 0 bridgehead atoms. The lowest BCUT2D eigenvalue weighted by atomic mass is 9.85. The molecule has 0 radical (unpaired) electrons. The number of hydrogen-bond donors (Lipinski definition) is 2. The van der Waals surface area contributed by atoms with Crippen molar-refractivity contribution in [1.29, 1.82) is 0 Å². The topological polar surface area (TPSA) is 80.0 Å². The number of aromatic nitrogens is 2. The van der Waals surface area contributed by atoms with E-state index in [0.29, 0.717) is 18.4 Å². The highest BCUT2D eigenvalue weighted by Crippen LogP contribution is 2.27. The minimum absolute atomic E-state index is 0.125. The van der Waals surface area contributed by atoms with Gasteiger partial charge in [0.25, 0.3) is 0 Å². The number of hydrogen-bond acceptors (Lipinski definition) is 5. The number of nitrogens with zero attached hydrogens (tertiary/aromatic N) is 2. The quantitative estimate of drug-likeness (QED) is 0.852. The Balaban J connectivity index is 1.57. The summed E-state index contributed by atoms with van der Waals surface area (Å²) < 4.78 is 5.15. The van der Waals surface area contributed by atoms with Crippen molar-refractivity contribution in [3.63, 3.8) is 0 Å². The summed E-state index contributed by atoms with van der Waals surface area (Å²) in [7, 11) is 0. The number of rotatable bonds is 6. The molecule has 1 aliphatic rings. The number of carbonyl (C=O) groups is 1. The second-order valence-electron chi connectivity index (χ2n) is 6.28. The molecule has 0 atom stereocenters. The Morgan fingerprint density at radius 2 is 2.22 bits per heavy atom. The number of carbonyl (C=O) groups excluding carboxylic acids is 1. The van der Waals surface area contributed by atoms with E-state index < -0.39 is 0 Å². The van der Waals surface area contributed by atoms with Gasteiger partial charge in [0.05, 0.1) is 0 Å². The van der Waals surface area contributed by atoms with E-state index in [9.17, 15) is 4.79 Å². The highest BCUT2D eigenvalue weighted by Gasteiger charge is 2.25. The Morgan fingerprint density at radius 1 is 1.39 bits per heavy atom. The van der Waals surface area contributed by atoms with Crippen LogP contribution in [0.1, 0.15) is 50.4 Å². The maximum absolute atomic E-state index is 12.0. The molecule has 1 aromatic heterocycles. The summed E-state index contributed by atoms with van der Waals surface area (Å²) in [4.78, 5) is 16.3. The number of nitrogens with one attached hydrogen (secondary N) is 2. The molecule has 3 rings (SSSR count). The smallest absolute Gasteiger partial charge is 0.321 e.